The molecule has 1 aromatic carbocycles. The van der Waals surface area contributed by atoms with E-state index in [2.05, 4.69) is 24.8 Å². The van der Waals surface area contributed by atoms with Gasteiger partial charge in [0.25, 0.3) is 5.91 Å². The van der Waals surface area contributed by atoms with Gasteiger partial charge in [0.1, 0.15) is 11.5 Å². The summed E-state index contributed by atoms with van der Waals surface area (Å²) in [5.74, 6) is 0.810. The Morgan fingerprint density at radius 1 is 1.06 bits per heavy atom. The molecule has 1 N–H and O–H groups in total. The molecule has 9 heteroatoms. The summed E-state index contributed by atoms with van der Waals surface area (Å²) in [6.07, 6.45) is 6.18. The van der Waals surface area contributed by atoms with Gasteiger partial charge in [0.2, 0.25) is 5.95 Å². The first kappa shape index (κ1) is 22.5. The van der Waals surface area contributed by atoms with E-state index in [1.54, 1.807) is 6.20 Å². The van der Waals surface area contributed by atoms with Gasteiger partial charge in [0, 0.05) is 44.0 Å². The number of anilines is 1. The molecule has 8 nitrogen and oxygen atoms in total. The van der Waals surface area contributed by atoms with E-state index in [4.69, 9.17) is 4.74 Å². The number of rotatable bonds is 5. The summed E-state index contributed by atoms with van der Waals surface area (Å²) in [6, 6.07) is 9.66. The third-order valence-corrected chi connectivity index (χ3v) is 6.66. The summed E-state index contributed by atoms with van der Waals surface area (Å²) in [6.45, 7) is 4.60. The molecule has 5 rings (SSSR count). The van der Waals surface area contributed by atoms with Crippen molar-refractivity contribution in [3.05, 3.63) is 59.9 Å². The van der Waals surface area contributed by atoms with Crippen LogP contribution in [0.2, 0.25) is 0 Å². The zero-order valence-corrected chi connectivity index (χ0v) is 19.3. The van der Waals surface area contributed by atoms with Crippen LogP contribution in [0.15, 0.2) is 42.7 Å². The fraction of sp³-hybridized carbons (Fsp3) is 0.440. The third kappa shape index (κ3) is 4.65. The lowest BCUT2D eigenvalue weighted by atomic mass is 10.0. The average molecular weight is 465 g/mol. The summed E-state index contributed by atoms with van der Waals surface area (Å²) in [7, 11) is 0. The van der Waals surface area contributed by atoms with Crippen LogP contribution in [0.3, 0.4) is 0 Å². The molecule has 4 heterocycles. The normalized spacial score (nSPS) is 17.6. The van der Waals surface area contributed by atoms with E-state index in [1.165, 1.54) is 6.20 Å². The van der Waals surface area contributed by atoms with Crippen LogP contribution < -0.4 is 5.32 Å². The molecule has 0 bridgehead atoms. The maximum absolute atomic E-state index is 14.8. The molecule has 0 spiro atoms. The molecule has 178 valence electrons. The summed E-state index contributed by atoms with van der Waals surface area (Å²) in [5.41, 5.74) is 1.62. The number of hydrogen-bond donors (Lipinski definition) is 1. The minimum absolute atomic E-state index is 0.0520. The van der Waals surface area contributed by atoms with Gasteiger partial charge in [-0.25, -0.2) is 19.3 Å². The van der Waals surface area contributed by atoms with Gasteiger partial charge in [-0.1, -0.05) is 18.2 Å². The second-order valence-electron chi connectivity index (χ2n) is 8.87. The Labute approximate surface area is 198 Å². The largest absolute Gasteiger partial charge is 0.381 e. The molecule has 2 aliphatic rings. The maximum atomic E-state index is 14.8. The van der Waals surface area contributed by atoms with E-state index in [-0.39, 0.29) is 23.7 Å². The fourth-order valence-corrected chi connectivity index (χ4v) is 4.82. The highest BCUT2D eigenvalue weighted by Crippen LogP contribution is 2.31. The van der Waals surface area contributed by atoms with Crippen molar-refractivity contribution in [3.63, 3.8) is 0 Å². The van der Waals surface area contributed by atoms with E-state index in [9.17, 15) is 9.18 Å². The number of piperidine rings is 1. The van der Waals surface area contributed by atoms with Crippen LogP contribution in [0.25, 0.3) is 11.4 Å². The molecular weight excluding hydrogens is 435 g/mol. The van der Waals surface area contributed by atoms with Gasteiger partial charge in [-0.2, -0.15) is 0 Å². The molecule has 2 saturated heterocycles. The highest BCUT2D eigenvalue weighted by Gasteiger charge is 2.26. The molecule has 3 aromatic rings. The lowest BCUT2D eigenvalue weighted by Gasteiger charge is -2.32. The Balaban J connectivity index is 1.28. The number of nitrogens with zero attached hydrogens (tertiary/aromatic N) is 5. The number of nitrogens with one attached hydrogen (secondary N) is 1. The first-order valence-electron chi connectivity index (χ1n) is 11.9. The van der Waals surface area contributed by atoms with Crippen LogP contribution >= 0.6 is 0 Å². The Morgan fingerprint density at radius 3 is 2.53 bits per heavy atom. The number of amides is 1. The van der Waals surface area contributed by atoms with Gasteiger partial charge < -0.3 is 19.5 Å². The zero-order chi connectivity index (χ0) is 23.5. The van der Waals surface area contributed by atoms with E-state index >= 15 is 0 Å². The van der Waals surface area contributed by atoms with Gasteiger partial charge in [0.15, 0.2) is 5.82 Å². The van der Waals surface area contributed by atoms with Gasteiger partial charge >= 0.3 is 0 Å². The molecule has 2 fully saturated rings. The smallest absolute Gasteiger partial charge is 0.253 e. The van der Waals surface area contributed by atoms with Crippen molar-refractivity contribution in [2.24, 2.45) is 0 Å². The fourth-order valence-electron chi connectivity index (χ4n) is 4.82. The standard InChI is InChI=1S/C25H29FN6O2/c1-17-27-16-22(32(17)20-9-13-34-14-10-20)23-21(26)15-28-25(30-23)29-19-7-11-31(12-8-19)24(33)18-5-3-2-4-6-18/h2-6,15-16,19-20H,7-14H2,1H3,(H,28,29,30). The number of halogens is 1. The molecule has 0 atom stereocenters. The molecular formula is C25H29FN6O2. The van der Waals surface area contributed by atoms with Gasteiger partial charge in [0.05, 0.1) is 18.1 Å². The van der Waals surface area contributed by atoms with Crippen LogP contribution in [0, 0.1) is 12.7 Å². The van der Waals surface area contributed by atoms with Crippen molar-refractivity contribution in [2.75, 3.05) is 31.6 Å². The number of carbonyl (C=O) groups excluding carboxylic acids is 1. The van der Waals surface area contributed by atoms with Crippen molar-refractivity contribution in [3.8, 4) is 11.4 Å². The zero-order valence-electron chi connectivity index (χ0n) is 19.3. The van der Waals surface area contributed by atoms with Crippen molar-refractivity contribution < 1.29 is 13.9 Å². The number of hydrogen-bond acceptors (Lipinski definition) is 6. The van der Waals surface area contributed by atoms with E-state index in [0.29, 0.717) is 43.5 Å². The van der Waals surface area contributed by atoms with E-state index < -0.39 is 5.82 Å². The Morgan fingerprint density at radius 2 is 1.79 bits per heavy atom. The highest BCUT2D eigenvalue weighted by molar-refractivity contribution is 5.94. The number of aryl methyl sites for hydroxylation is 1. The number of carbonyl (C=O) groups is 1. The van der Waals surface area contributed by atoms with Crippen LogP contribution in [-0.2, 0) is 4.74 Å². The molecule has 1 amide bonds. The molecule has 2 aliphatic heterocycles. The Hall–Kier alpha value is -3.33. The van der Waals surface area contributed by atoms with Gasteiger partial charge in [-0.3, -0.25) is 4.79 Å². The summed E-state index contributed by atoms with van der Waals surface area (Å²) in [4.78, 5) is 27.7. The van der Waals surface area contributed by atoms with Crippen molar-refractivity contribution in [1.29, 1.82) is 0 Å². The Bertz CT molecular complexity index is 1140. The quantitative estimate of drug-likeness (QED) is 0.617. The monoisotopic (exact) mass is 464 g/mol. The van der Waals surface area contributed by atoms with Crippen molar-refractivity contribution in [2.45, 2.75) is 44.7 Å². The Kier molecular flexibility index (Phi) is 6.53. The molecule has 34 heavy (non-hydrogen) atoms. The van der Waals surface area contributed by atoms with Crippen LogP contribution in [-0.4, -0.2) is 62.7 Å². The van der Waals surface area contributed by atoms with Crippen molar-refractivity contribution in [1.82, 2.24) is 24.4 Å². The van der Waals surface area contributed by atoms with Crippen molar-refractivity contribution >= 4 is 11.9 Å². The second-order valence-corrected chi connectivity index (χ2v) is 8.87. The number of ether oxygens (including phenoxy) is 1. The lowest BCUT2D eigenvalue weighted by molar-refractivity contribution is 0.0694. The maximum Gasteiger partial charge on any atom is 0.253 e. The predicted octanol–water partition coefficient (Wildman–Crippen LogP) is 3.86. The first-order valence-corrected chi connectivity index (χ1v) is 11.9. The SMILES string of the molecule is Cc1ncc(-c2nc(NC3CCN(C(=O)c4ccccc4)CC3)ncc2F)n1C1CCOCC1. The molecule has 2 aromatic heterocycles. The predicted molar refractivity (Wildman–Crippen MR) is 126 cm³/mol. The third-order valence-electron chi connectivity index (χ3n) is 6.66. The van der Waals surface area contributed by atoms with Crippen LogP contribution in [0.4, 0.5) is 10.3 Å². The minimum Gasteiger partial charge on any atom is -0.381 e. The summed E-state index contributed by atoms with van der Waals surface area (Å²) in [5, 5.41) is 3.35. The lowest BCUT2D eigenvalue weighted by Crippen LogP contribution is -2.42. The highest BCUT2D eigenvalue weighted by atomic mass is 19.1. The number of likely N-dealkylation sites (tertiary alicyclic amines) is 1. The van der Waals surface area contributed by atoms with E-state index in [1.807, 2.05) is 42.2 Å². The van der Waals surface area contributed by atoms with E-state index in [0.717, 1.165) is 31.5 Å². The molecule has 0 saturated carbocycles. The number of imidazole rings is 1. The number of benzene rings is 1. The van der Waals surface area contributed by atoms with Crippen LogP contribution in [0.5, 0.6) is 0 Å². The second kappa shape index (κ2) is 9.89. The summed E-state index contributed by atoms with van der Waals surface area (Å²) >= 11 is 0. The van der Waals surface area contributed by atoms with Gasteiger partial charge in [-0.05, 0) is 44.7 Å². The topological polar surface area (TPSA) is 85.2 Å². The van der Waals surface area contributed by atoms with Crippen LogP contribution in [0.1, 0.15) is 47.9 Å². The molecule has 0 aliphatic carbocycles. The molecule has 0 radical (unpaired) electrons. The minimum atomic E-state index is -0.470. The number of aromatic nitrogens is 4. The molecule has 0 unspecified atom stereocenters. The average Bonchev–Trinajstić information content (AvgIpc) is 3.27. The first-order chi connectivity index (χ1) is 16.6. The summed E-state index contributed by atoms with van der Waals surface area (Å²) < 4.78 is 22.4. The van der Waals surface area contributed by atoms with Gasteiger partial charge in [-0.15, -0.1) is 0 Å².